The van der Waals surface area contributed by atoms with Crippen LogP contribution in [-0.2, 0) is 0 Å². The van der Waals surface area contributed by atoms with Crippen molar-refractivity contribution >= 4 is 50.6 Å². The number of aromatic nitrogens is 2. The number of carbonyl (C=O) groups excluding carboxylic acids is 2. The van der Waals surface area contributed by atoms with E-state index >= 15 is 0 Å². The lowest BCUT2D eigenvalue weighted by atomic mass is 10.1. The molecule has 0 unspecified atom stereocenters. The van der Waals surface area contributed by atoms with Crippen LogP contribution in [0.3, 0.4) is 0 Å². The minimum atomic E-state index is -0.617. The fourth-order valence-electron chi connectivity index (χ4n) is 3.42. The number of benzene rings is 1. The molecule has 4 heterocycles. The third-order valence-electron chi connectivity index (χ3n) is 4.72. The van der Waals surface area contributed by atoms with E-state index in [1.54, 1.807) is 24.5 Å². The van der Waals surface area contributed by atoms with Crippen LogP contribution in [0.4, 0.5) is 21.9 Å². The Hall–Kier alpha value is -3.98. The lowest BCUT2D eigenvalue weighted by molar-refractivity contribution is 0.100. The van der Waals surface area contributed by atoms with Crippen LogP contribution < -0.4 is 20.7 Å². The molecule has 30 heavy (non-hydrogen) atoms. The van der Waals surface area contributed by atoms with Gasteiger partial charge >= 0.3 is 6.03 Å². The van der Waals surface area contributed by atoms with Gasteiger partial charge in [-0.2, -0.15) is 0 Å². The standard InChI is InChI=1S/C21H15N5O3S/c1-11-9-15(29-12-5-3-2-4-6-12)24-10-14(11)26-17-16-13(25-21(26)28)7-8-23-20(16)30-18(17)19(22)27/h2-10H,1H3,(H2,22,27)(H,25,28). The number of ether oxygens (including phenoxy) is 1. The predicted octanol–water partition coefficient (Wildman–Crippen LogP) is 4.57. The highest BCUT2D eigenvalue weighted by Gasteiger charge is 2.34. The van der Waals surface area contributed by atoms with Crippen molar-refractivity contribution in [1.82, 2.24) is 9.97 Å². The van der Waals surface area contributed by atoms with E-state index in [0.717, 1.165) is 16.9 Å². The van der Waals surface area contributed by atoms with E-state index in [1.165, 1.54) is 4.90 Å². The lowest BCUT2D eigenvalue weighted by Gasteiger charge is -2.29. The summed E-state index contributed by atoms with van der Waals surface area (Å²) in [7, 11) is 0. The molecule has 0 saturated heterocycles. The summed E-state index contributed by atoms with van der Waals surface area (Å²) in [5, 5.41) is 3.53. The number of pyridine rings is 2. The number of nitrogens with one attached hydrogen (secondary N) is 1. The molecular weight excluding hydrogens is 402 g/mol. The molecule has 5 rings (SSSR count). The van der Waals surface area contributed by atoms with Crippen LogP contribution in [0.5, 0.6) is 11.6 Å². The molecule has 0 fully saturated rings. The third kappa shape index (κ3) is 2.83. The van der Waals surface area contributed by atoms with Gasteiger partial charge in [-0.1, -0.05) is 18.2 Å². The average Bonchev–Trinajstić information content (AvgIpc) is 3.11. The highest BCUT2D eigenvalue weighted by Crippen LogP contribution is 2.47. The summed E-state index contributed by atoms with van der Waals surface area (Å²) < 4.78 is 5.78. The molecule has 0 saturated carbocycles. The minimum absolute atomic E-state index is 0.267. The van der Waals surface area contributed by atoms with E-state index in [9.17, 15) is 9.59 Å². The first-order valence-electron chi connectivity index (χ1n) is 9.05. The molecule has 0 bridgehead atoms. The SMILES string of the molecule is Cc1cc(Oc2ccccc2)ncc1N1C(=O)Nc2ccnc3sc(C(N)=O)c1c23. The number of hydrogen-bond acceptors (Lipinski definition) is 6. The molecule has 0 radical (unpaired) electrons. The van der Waals surface area contributed by atoms with Gasteiger partial charge in [0.15, 0.2) is 0 Å². The smallest absolute Gasteiger partial charge is 0.331 e. The molecule has 9 heteroatoms. The summed E-state index contributed by atoms with van der Waals surface area (Å²) in [5.41, 5.74) is 7.89. The van der Waals surface area contributed by atoms with Crippen LogP contribution in [0.1, 0.15) is 15.2 Å². The van der Waals surface area contributed by atoms with Gasteiger partial charge in [0.2, 0.25) is 5.88 Å². The topological polar surface area (TPSA) is 110 Å². The molecule has 0 atom stereocenters. The Morgan fingerprint density at radius 1 is 1.20 bits per heavy atom. The van der Waals surface area contributed by atoms with Crippen molar-refractivity contribution in [2.24, 2.45) is 5.73 Å². The van der Waals surface area contributed by atoms with Gasteiger partial charge in [-0.05, 0) is 30.7 Å². The number of anilines is 3. The summed E-state index contributed by atoms with van der Waals surface area (Å²) in [6.45, 7) is 1.84. The number of para-hydroxylation sites is 1. The fourth-order valence-corrected chi connectivity index (χ4v) is 4.42. The predicted molar refractivity (Wildman–Crippen MR) is 115 cm³/mol. The highest BCUT2D eigenvalue weighted by atomic mass is 32.1. The molecule has 3 aromatic heterocycles. The second-order valence-electron chi connectivity index (χ2n) is 6.67. The zero-order valence-electron chi connectivity index (χ0n) is 15.7. The quantitative estimate of drug-likeness (QED) is 0.505. The number of nitrogens with zero attached hydrogens (tertiary/aromatic N) is 3. The molecule has 1 aromatic carbocycles. The van der Waals surface area contributed by atoms with E-state index < -0.39 is 11.9 Å². The number of amides is 3. The number of rotatable bonds is 4. The van der Waals surface area contributed by atoms with Crippen molar-refractivity contribution in [3.05, 3.63) is 65.3 Å². The normalized spacial score (nSPS) is 12.7. The van der Waals surface area contributed by atoms with Crippen molar-refractivity contribution in [1.29, 1.82) is 0 Å². The summed E-state index contributed by atoms with van der Waals surface area (Å²) >= 11 is 1.16. The van der Waals surface area contributed by atoms with Gasteiger partial charge in [-0.3, -0.25) is 9.69 Å². The Labute approximate surface area is 174 Å². The number of urea groups is 1. The largest absolute Gasteiger partial charge is 0.439 e. The second-order valence-corrected chi connectivity index (χ2v) is 7.67. The Morgan fingerprint density at radius 3 is 2.73 bits per heavy atom. The summed E-state index contributed by atoms with van der Waals surface area (Å²) in [5.74, 6) is 0.434. The van der Waals surface area contributed by atoms with Gasteiger partial charge in [-0.25, -0.2) is 14.8 Å². The van der Waals surface area contributed by atoms with Crippen molar-refractivity contribution in [2.45, 2.75) is 6.92 Å². The molecule has 4 aromatic rings. The van der Waals surface area contributed by atoms with Gasteiger partial charge in [0.05, 0.1) is 28.6 Å². The van der Waals surface area contributed by atoms with Crippen molar-refractivity contribution in [3.8, 4) is 11.6 Å². The molecule has 0 aliphatic carbocycles. The number of hydrogen-bond donors (Lipinski definition) is 2. The molecule has 0 spiro atoms. The van der Waals surface area contributed by atoms with Crippen molar-refractivity contribution in [2.75, 3.05) is 10.2 Å². The van der Waals surface area contributed by atoms with E-state index in [0.29, 0.717) is 38.9 Å². The first kappa shape index (κ1) is 18.1. The van der Waals surface area contributed by atoms with Crippen LogP contribution in [-0.4, -0.2) is 21.9 Å². The monoisotopic (exact) mass is 417 g/mol. The zero-order chi connectivity index (χ0) is 20.8. The Kier molecular flexibility index (Phi) is 4.11. The van der Waals surface area contributed by atoms with Crippen LogP contribution >= 0.6 is 11.3 Å². The van der Waals surface area contributed by atoms with Crippen molar-refractivity contribution in [3.63, 3.8) is 0 Å². The van der Waals surface area contributed by atoms with E-state index in [2.05, 4.69) is 15.3 Å². The van der Waals surface area contributed by atoms with Crippen LogP contribution in [0, 0.1) is 6.92 Å². The minimum Gasteiger partial charge on any atom is -0.439 e. The maximum atomic E-state index is 13.0. The van der Waals surface area contributed by atoms with E-state index in [4.69, 9.17) is 10.5 Å². The fraction of sp³-hybridized carbons (Fsp3) is 0.0476. The number of carbonyl (C=O) groups is 2. The van der Waals surface area contributed by atoms with Crippen LogP contribution in [0.15, 0.2) is 54.9 Å². The van der Waals surface area contributed by atoms with E-state index in [-0.39, 0.29) is 4.88 Å². The lowest BCUT2D eigenvalue weighted by Crippen LogP contribution is -2.35. The van der Waals surface area contributed by atoms with Crippen LogP contribution in [0.25, 0.3) is 10.2 Å². The average molecular weight is 417 g/mol. The number of primary amides is 1. The first-order chi connectivity index (χ1) is 14.5. The Morgan fingerprint density at radius 2 is 2.00 bits per heavy atom. The van der Waals surface area contributed by atoms with Gasteiger partial charge < -0.3 is 15.8 Å². The number of aryl methyl sites for hydroxylation is 1. The summed E-state index contributed by atoms with van der Waals surface area (Å²) in [4.78, 5) is 36.1. The van der Waals surface area contributed by atoms with E-state index in [1.807, 2.05) is 37.3 Å². The van der Waals surface area contributed by atoms with Crippen molar-refractivity contribution < 1.29 is 14.3 Å². The maximum Gasteiger partial charge on any atom is 0.331 e. The molecular formula is C21H15N5O3S. The molecule has 3 N–H and O–H groups in total. The van der Waals surface area contributed by atoms with Gasteiger partial charge in [-0.15, -0.1) is 11.3 Å². The highest BCUT2D eigenvalue weighted by molar-refractivity contribution is 7.21. The zero-order valence-corrected chi connectivity index (χ0v) is 16.6. The van der Waals surface area contributed by atoms with Gasteiger partial charge in [0.25, 0.3) is 5.91 Å². The van der Waals surface area contributed by atoms with Crippen LogP contribution in [0.2, 0.25) is 0 Å². The molecule has 148 valence electrons. The number of thiophene rings is 1. The third-order valence-corrected chi connectivity index (χ3v) is 5.83. The molecule has 3 amide bonds. The number of nitrogens with two attached hydrogens (primary N) is 1. The molecule has 1 aliphatic rings. The van der Waals surface area contributed by atoms with Gasteiger partial charge in [0, 0.05) is 12.3 Å². The summed E-state index contributed by atoms with van der Waals surface area (Å²) in [6.07, 6.45) is 3.13. The van der Waals surface area contributed by atoms with Gasteiger partial charge in [0.1, 0.15) is 15.5 Å². The maximum absolute atomic E-state index is 13.0. The summed E-state index contributed by atoms with van der Waals surface area (Å²) in [6, 6.07) is 12.3. The molecule has 1 aliphatic heterocycles. The molecule has 8 nitrogen and oxygen atoms in total. The second kappa shape index (κ2) is 6.82. The Balaban J connectivity index is 1.62. The first-order valence-corrected chi connectivity index (χ1v) is 9.86. The Bertz CT molecular complexity index is 1320.